The van der Waals surface area contributed by atoms with Gasteiger partial charge in [-0.2, -0.15) is 0 Å². The van der Waals surface area contributed by atoms with Crippen LogP contribution < -0.4 is 0 Å². The maximum absolute atomic E-state index is 6.05. The number of nitrogens with zero attached hydrogens (tertiary/aromatic N) is 2. The SMILES string of the molecule is CN(CCn1c(=S)[nH]c2ccc(Cl)cc21)C1CC1. The van der Waals surface area contributed by atoms with Crippen LogP contribution >= 0.6 is 23.8 Å². The summed E-state index contributed by atoms with van der Waals surface area (Å²) in [5, 5.41) is 0.751. The lowest BCUT2D eigenvalue weighted by Gasteiger charge is -2.16. The minimum Gasteiger partial charge on any atom is -0.331 e. The Bertz CT molecular complexity index is 627. The molecule has 18 heavy (non-hydrogen) atoms. The molecule has 0 saturated heterocycles. The quantitative estimate of drug-likeness (QED) is 0.868. The van der Waals surface area contributed by atoms with Crippen LogP contribution in [0.1, 0.15) is 12.8 Å². The number of nitrogens with one attached hydrogen (secondary N) is 1. The number of benzene rings is 1. The molecule has 3 rings (SSSR count). The highest BCUT2D eigenvalue weighted by atomic mass is 35.5. The molecule has 1 aliphatic rings. The maximum atomic E-state index is 6.05. The van der Waals surface area contributed by atoms with E-state index < -0.39 is 0 Å². The second-order valence-electron chi connectivity index (χ2n) is 4.96. The fraction of sp³-hybridized carbons (Fsp3) is 0.462. The lowest BCUT2D eigenvalue weighted by molar-refractivity contribution is 0.310. The Morgan fingerprint density at radius 1 is 1.50 bits per heavy atom. The molecule has 1 fully saturated rings. The third-order valence-electron chi connectivity index (χ3n) is 3.58. The zero-order valence-electron chi connectivity index (χ0n) is 10.3. The van der Waals surface area contributed by atoms with Crippen molar-refractivity contribution in [2.75, 3.05) is 13.6 Å². The van der Waals surface area contributed by atoms with Gasteiger partial charge in [0.05, 0.1) is 11.0 Å². The molecule has 1 saturated carbocycles. The van der Waals surface area contributed by atoms with Crippen LogP contribution in [0.15, 0.2) is 18.2 Å². The van der Waals surface area contributed by atoms with E-state index in [1.54, 1.807) is 0 Å². The first kappa shape index (κ1) is 12.2. The Kier molecular flexibility index (Phi) is 3.18. The van der Waals surface area contributed by atoms with E-state index in [4.69, 9.17) is 23.8 Å². The second kappa shape index (κ2) is 4.68. The number of fused-ring (bicyclic) bond motifs is 1. The highest BCUT2D eigenvalue weighted by Crippen LogP contribution is 2.25. The number of H-pyrrole nitrogens is 1. The Balaban J connectivity index is 1.87. The molecular weight excluding hydrogens is 266 g/mol. The Hall–Kier alpha value is -0.840. The normalized spacial score (nSPS) is 15.7. The topological polar surface area (TPSA) is 24.0 Å². The summed E-state index contributed by atoms with van der Waals surface area (Å²) < 4.78 is 2.91. The van der Waals surface area contributed by atoms with Crippen LogP contribution in [0.3, 0.4) is 0 Å². The molecule has 0 bridgehead atoms. The third-order valence-corrected chi connectivity index (χ3v) is 4.14. The minimum atomic E-state index is 0.751. The average Bonchev–Trinajstić information content (AvgIpc) is 3.12. The largest absolute Gasteiger partial charge is 0.331 e. The van der Waals surface area contributed by atoms with Gasteiger partial charge < -0.3 is 14.5 Å². The number of likely N-dealkylation sites (N-methyl/N-ethyl adjacent to an activating group) is 1. The second-order valence-corrected chi connectivity index (χ2v) is 5.78. The smallest absolute Gasteiger partial charge is 0.178 e. The van der Waals surface area contributed by atoms with Gasteiger partial charge in [0, 0.05) is 24.2 Å². The van der Waals surface area contributed by atoms with Crippen molar-refractivity contribution in [2.24, 2.45) is 0 Å². The summed E-state index contributed by atoms with van der Waals surface area (Å²) in [5.74, 6) is 0. The van der Waals surface area contributed by atoms with Crippen molar-refractivity contribution >= 4 is 34.9 Å². The number of rotatable bonds is 4. The van der Waals surface area contributed by atoms with Crippen molar-refractivity contribution in [1.82, 2.24) is 14.5 Å². The van der Waals surface area contributed by atoms with Crippen LogP contribution in [0.2, 0.25) is 5.02 Å². The molecule has 0 spiro atoms. The van der Waals surface area contributed by atoms with Crippen LogP contribution in [-0.2, 0) is 6.54 Å². The average molecular weight is 282 g/mol. The number of aromatic nitrogens is 2. The van der Waals surface area contributed by atoms with E-state index in [0.717, 1.165) is 40.0 Å². The van der Waals surface area contributed by atoms with E-state index in [0.29, 0.717) is 0 Å². The molecule has 0 unspecified atom stereocenters. The number of aromatic amines is 1. The van der Waals surface area contributed by atoms with Crippen molar-refractivity contribution in [3.8, 4) is 0 Å². The summed E-state index contributed by atoms with van der Waals surface area (Å²) in [6, 6.07) is 6.62. The fourth-order valence-electron chi connectivity index (χ4n) is 2.30. The molecule has 3 nitrogen and oxygen atoms in total. The fourth-order valence-corrected chi connectivity index (χ4v) is 2.77. The molecule has 0 aliphatic heterocycles. The van der Waals surface area contributed by atoms with Gasteiger partial charge in [-0.25, -0.2) is 0 Å². The lowest BCUT2D eigenvalue weighted by atomic mass is 10.3. The molecule has 1 aromatic heterocycles. The van der Waals surface area contributed by atoms with Crippen LogP contribution in [0.4, 0.5) is 0 Å². The van der Waals surface area contributed by atoms with Gasteiger partial charge in [0.15, 0.2) is 4.77 Å². The van der Waals surface area contributed by atoms with Crippen LogP contribution in [-0.4, -0.2) is 34.1 Å². The predicted octanol–water partition coefficient (Wildman–Crippen LogP) is 3.45. The molecule has 1 aromatic carbocycles. The van der Waals surface area contributed by atoms with Crippen molar-refractivity contribution in [2.45, 2.75) is 25.4 Å². The van der Waals surface area contributed by atoms with E-state index in [-0.39, 0.29) is 0 Å². The molecule has 1 aliphatic carbocycles. The van der Waals surface area contributed by atoms with Gasteiger partial charge in [0.25, 0.3) is 0 Å². The molecule has 96 valence electrons. The van der Waals surface area contributed by atoms with Crippen molar-refractivity contribution in [3.63, 3.8) is 0 Å². The zero-order valence-corrected chi connectivity index (χ0v) is 11.9. The number of halogens is 1. The van der Waals surface area contributed by atoms with E-state index in [9.17, 15) is 0 Å². The summed E-state index contributed by atoms with van der Waals surface area (Å²) in [5.41, 5.74) is 2.15. The van der Waals surface area contributed by atoms with Gasteiger partial charge in [0.1, 0.15) is 0 Å². The van der Waals surface area contributed by atoms with Crippen LogP contribution in [0, 0.1) is 4.77 Å². The highest BCUT2D eigenvalue weighted by Gasteiger charge is 2.25. The molecule has 5 heteroatoms. The standard InChI is InChI=1S/C13H16ClN3S/c1-16(10-3-4-10)6-7-17-12-8-9(14)2-5-11(12)15-13(17)18/h2,5,8,10H,3-4,6-7H2,1H3,(H,15,18). The molecular formula is C13H16ClN3S. The summed E-state index contributed by atoms with van der Waals surface area (Å²) in [7, 11) is 2.18. The third kappa shape index (κ3) is 2.32. The Morgan fingerprint density at radius 2 is 2.28 bits per heavy atom. The zero-order chi connectivity index (χ0) is 12.7. The monoisotopic (exact) mass is 281 g/mol. The summed E-state index contributed by atoms with van der Waals surface area (Å²) in [6.45, 7) is 1.94. The van der Waals surface area contributed by atoms with Crippen molar-refractivity contribution < 1.29 is 0 Å². The van der Waals surface area contributed by atoms with E-state index in [1.165, 1.54) is 12.8 Å². The molecule has 0 amide bonds. The highest BCUT2D eigenvalue weighted by molar-refractivity contribution is 7.71. The minimum absolute atomic E-state index is 0.751. The number of hydrogen-bond acceptors (Lipinski definition) is 2. The van der Waals surface area contributed by atoms with Gasteiger partial charge in [-0.15, -0.1) is 0 Å². The number of hydrogen-bond donors (Lipinski definition) is 1. The lowest BCUT2D eigenvalue weighted by Crippen LogP contribution is -2.25. The summed E-state index contributed by atoms with van der Waals surface area (Å²) in [6.07, 6.45) is 2.67. The van der Waals surface area contributed by atoms with Gasteiger partial charge in [-0.05, 0) is 50.3 Å². The molecule has 1 N–H and O–H groups in total. The van der Waals surface area contributed by atoms with Crippen molar-refractivity contribution in [3.05, 3.63) is 28.0 Å². The number of imidazole rings is 1. The Labute approximate surface area is 116 Å². The summed E-state index contributed by atoms with van der Waals surface area (Å²) >= 11 is 11.4. The molecule has 0 atom stereocenters. The predicted molar refractivity (Wildman–Crippen MR) is 77.8 cm³/mol. The summed E-state index contributed by atoms with van der Waals surface area (Å²) in [4.78, 5) is 5.63. The van der Waals surface area contributed by atoms with Gasteiger partial charge in [-0.1, -0.05) is 11.6 Å². The Morgan fingerprint density at radius 3 is 3.00 bits per heavy atom. The van der Waals surface area contributed by atoms with Crippen LogP contribution in [0.5, 0.6) is 0 Å². The van der Waals surface area contributed by atoms with Crippen molar-refractivity contribution in [1.29, 1.82) is 0 Å². The first-order valence-corrected chi connectivity index (χ1v) is 7.02. The van der Waals surface area contributed by atoms with E-state index in [1.807, 2.05) is 18.2 Å². The molecule has 0 radical (unpaired) electrons. The first-order chi connectivity index (χ1) is 8.65. The molecule has 1 heterocycles. The van der Waals surface area contributed by atoms with Gasteiger partial charge in [0.2, 0.25) is 0 Å². The van der Waals surface area contributed by atoms with E-state index in [2.05, 4.69) is 21.5 Å². The van der Waals surface area contributed by atoms with Gasteiger partial charge >= 0.3 is 0 Å². The first-order valence-electron chi connectivity index (χ1n) is 6.23. The van der Waals surface area contributed by atoms with Gasteiger partial charge in [-0.3, -0.25) is 0 Å². The maximum Gasteiger partial charge on any atom is 0.178 e. The van der Waals surface area contributed by atoms with E-state index >= 15 is 0 Å². The van der Waals surface area contributed by atoms with Crippen LogP contribution in [0.25, 0.3) is 11.0 Å². The molecule has 2 aromatic rings.